The maximum atomic E-state index is 11.0. The van der Waals surface area contributed by atoms with Crippen LogP contribution in [0.2, 0.25) is 0 Å². The number of benzene rings is 2. The summed E-state index contributed by atoms with van der Waals surface area (Å²) in [5.41, 5.74) is 4.54. The summed E-state index contributed by atoms with van der Waals surface area (Å²) in [6.45, 7) is 2.07. The van der Waals surface area contributed by atoms with Gasteiger partial charge in [-0.15, -0.1) is 0 Å². The largest absolute Gasteiger partial charge is 0.355 e. The van der Waals surface area contributed by atoms with Gasteiger partial charge >= 0.3 is 0 Å². The highest BCUT2D eigenvalue weighted by atomic mass is 32.2. The second-order valence-electron chi connectivity index (χ2n) is 6.67. The Morgan fingerprint density at radius 2 is 1.73 bits per heavy atom. The second kappa shape index (κ2) is 7.41. The van der Waals surface area contributed by atoms with Crippen LogP contribution in [0.4, 0.5) is 5.82 Å². The van der Waals surface area contributed by atoms with Crippen LogP contribution in [0.1, 0.15) is 24.8 Å². The SMILES string of the molecule is O=[SH](=O)Cc1cccc(-c2ccc3ncc(N4CCCCC4)nc3c2)c1. The van der Waals surface area contributed by atoms with Gasteiger partial charge in [-0.1, -0.05) is 30.3 Å². The Balaban J connectivity index is 1.70. The van der Waals surface area contributed by atoms with Gasteiger partial charge in [-0.2, -0.15) is 0 Å². The minimum Gasteiger partial charge on any atom is -0.355 e. The first kappa shape index (κ1) is 17.0. The minimum absolute atomic E-state index is 0.0651. The quantitative estimate of drug-likeness (QED) is 0.716. The summed E-state index contributed by atoms with van der Waals surface area (Å²) in [5.74, 6) is 1.00. The summed E-state index contributed by atoms with van der Waals surface area (Å²) in [6.07, 6.45) is 5.55. The molecular formula is C20H21N3O2S. The maximum Gasteiger partial charge on any atom is 0.147 e. The van der Waals surface area contributed by atoms with E-state index in [0.29, 0.717) is 0 Å². The number of hydrogen-bond donors (Lipinski definition) is 1. The smallest absolute Gasteiger partial charge is 0.147 e. The zero-order valence-electron chi connectivity index (χ0n) is 14.5. The van der Waals surface area contributed by atoms with E-state index in [1.165, 1.54) is 19.3 Å². The van der Waals surface area contributed by atoms with Crippen molar-refractivity contribution in [3.8, 4) is 11.1 Å². The van der Waals surface area contributed by atoms with Crippen LogP contribution in [0, 0.1) is 0 Å². The predicted molar refractivity (Wildman–Crippen MR) is 105 cm³/mol. The zero-order chi connectivity index (χ0) is 17.9. The number of anilines is 1. The van der Waals surface area contributed by atoms with E-state index < -0.39 is 10.7 Å². The van der Waals surface area contributed by atoms with E-state index in [9.17, 15) is 8.42 Å². The third kappa shape index (κ3) is 3.70. The van der Waals surface area contributed by atoms with Crippen LogP contribution < -0.4 is 4.90 Å². The van der Waals surface area contributed by atoms with Crippen LogP contribution in [0.25, 0.3) is 22.2 Å². The van der Waals surface area contributed by atoms with Gasteiger partial charge in [0.1, 0.15) is 16.5 Å². The van der Waals surface area contributed by atoms with Crippen LogP contribution >= 0.6 is 0 Å². The van der Waals surface area contributed by atoms with Crippen molar-refractivity contribution < 1.29 is 8.42 Å². The number of piperidine rings is 1. The average molecular weight is 367 g/mol. The Kier molecular flexibility index (Phi) is 4.84. The normalized spacial score (nSPS) is 14.9. The fourth-order valence-corrected chi connectivity index (χ4v) is 3.95. The third-order valence-electron chi connectivity index (χ3n) is 4.78. The van der Waals surface area contributed by atoms with Gasteiger partial charge in [0.25, 0.3) is 0 Å². The lowest BCUT2D eigenvalue weighted by atomic mass is 10.0. The van der Waals surface area contributed by atoms with Gasteiger partial charge in [-0.05, 0) is 48.1 Å². The summed E-state index contributed by atoms with van der Waals surface area (Å²) < 4.78 is 22.0. The summed E-state index contributed by atoms with van der Waals surface area (Å²) in [7, 11) is -2.43. The number of fused-ring (bicyclic) bond motifs is 1. The molecule has 0 N–H and O–H groups in total. The van der Waals surface area contributed by atoms with Crippen LogP contribution in [0.15, 0.2) is 48.7 Å². The van der Waals surface area contributed by atoms with Crippen molar-refractivity contribution in [1.29, 1.82) is 0 Å². The first-order chi connectivity index (χ1) is 12.7. The van der Waals surface area contributed by atoms with E-state index in [1.54, 1.807) is 0 Å². The molecule has 1 saturated heterocycles. The van der Waals surface area contributed by atoms with E-state index in [0.717, 1.165) is 46.6 Å². The van der Waals surface area contributed by atoms with E-state index in [4.69, 9.17) is 4.98 Å². The first-order valence-electron chi connectivity index (χ1n) is 8.92. The van der Waals surface area contributed by atoms with Crippen LogP contribution in [0.5, 0.6) is 0 Å². The molecule has 0 amide bonds. The van der Waals surface area contributed by atoms with Crippen molar-refractivity contribution in [2.75, 3.05) is 18.0 Å². The molecule has 0 spiro atoms. The molecular weight excluding hydrogens is 346 g/mol. The summed E-state index contributed by atoms with van der Waals surface area (Å²) in [4.78, 5) is 11.7. The van der Waals surface area contributed by atoms with Crippen molar-refractivity contribution in [2.45, 2.75) is 25.0 Å². The fraction of sp³-hybridized carbons (Fsp3) is 0.300. The Bertz CT molecular complexity index is 1000. The van der Waals surface area contributed by atoms with Crippen LogP contribution in [-0.4, -0.2) is 31.5 Å². The van der Waals surface area contributed by atoms with Gasteiger partial charge in [-0.25, -0.2) is 13.4 Å². The minimum atomic E-state index is -2.43. The lowest BCUT2D eigenvalue weighted by Gasteiger charge is -2.27. The molecule has 0 saturated carbocycles. The molecule has 4 rings (SSSR count). The van der Waals surface area contributed by atoms with E-state index >= 15 is 0 Å². The fourth-order valence-electron chi connectivity index (χ4n) is 3.45. The molecule has 134 valence electrons. The Labute approximate surface area is 154 Å². The van der Waals surface area contributed by atoms with Gasteiger partial charge in [-0.3, -0.25) is 4.98 Å². The molecule has 1 aliphatic heterocycles. The second-order valence-corrected chi connectivity index (χ2v) is 7.65. The van der Waals surface area contributed by atoms with Crippen LogP contribution in [-0.2, 0) is 16.5 Å². The van der Waals surface area contributed by atoms with E-state index in [2.05, 4.69) is 9.88 Å². The summed E-state index contributed by atoms with van der Waals surface area (Å²) in [6, 6.07) is 13.7. The number of nitrogens with zero attached hydrogens (tertiary/aromatic N) is 3. The Morgan fingerprint density at radius 3 is 2.54 bits per heavy atom. The molecule has 1 aliphatic rings. The zero-order valence-corrected chi connectivity index (χ0v) is 15.4. The molecule has 0 aliphatic carbocycles. The van der Waals surface area contributed by atoms with Crippen molar-refractivity contribution in [3.63, 3.8) is 0 Å². The van der Waals surface area contributed by atoms with Crippen molar-refractivity contribution in [2.24, 2.45) is 0 Å². The monoisotopic (exact) mass is 367 g/mol. The van der Waals surface area contributed by atoms with Crippen LogP contribution in [0.3, 0.4) is 0 Å². The molecule has 26 heavy (non-hydrogen) atoms. The molecule has 0 bridgehead atoms. The third-order valence-corrected chi connectivity index (χ3v) is 5.40. The van der Waals surface area contributed by atoms with Gasteiger partial charge in [0.15, 0.2) is 0 Å². The molecule has 0 unspecified atom stereocenters. The molecule has 2 heterocycles. The van der Waals surface area contributed by atoms with E-state index in [-0.39, 0.29) is 5.75 Å². The number of aromatic nitrogens is 2. The average Bonchev–Trinajstić information content (AvgIpc) is 2.67. The van der Waals surface area contributed by atoms with Gasteiger partial charge in [0.05, 0.1) is 23.0 Å². The number of rotatable bonds is 4. The van der Waals surface area contributed by atoms with Gasteiger partial charge in [0.2, 0.25) is 0 Å². The summed E-state index contributed by atoms with van der Waals surface area (Å²) in [5, 5.41) is 0. The van der Waals surface area contributed by atoms with Crippen molar-refractivity contribution in [3.05, 3.63) is 54.2 Å². The molecule has 0 radical (unpaired) electrons. The lowest BCUT2D eigenvalue weighted by Crippen LogP contribution is -2.30. The van der Waals surface area contributed by atoms with E-state index in [1.807, 2.05) is 48.7 Å². The predicted octanol–water partition coefficient (Wildman–Crippen LogP) is 3.40. The Hall–Kier alpha value is -2.47. The lowest BCUT2D eigenvalue weighted by molar-refractivity contribution is 0.573. The highest BCUT2D eigenvalue weighted by Gasteiger charge is 2.13. The first-order valence-corrected chi connectivity index (χ1v) is 10.3. The van der Waals surface area contributed by atoms with Gasteiger partial charge in [0, 0.05) is 13.1 Å². The molecule has 0 atom stereocenters. The summed E-state index contributed by atoms with van der Waals surface area (Å²) >= 11 is 0. The molecule has 6 heteroatoms. The molecule has 1 aromatic heterocycles. The Morgan fingerprint density at radius 1 is 0.923 bits per heavy atom. The molecule has 1 fully saturated rings. The number of thiol groups is 1. The molecule has 3 aromatic rings. The number of hydrogen-bond acceptors (Lipinski definition) is 5. The van der Waals surface area contributed by atoms with Crippen molar-refractivity contribution in [1.82, 2.24) is 9.97 Å². The maximum absolute atomic E-state index is 11.0. The van der Waals surface area contributed by atoms with Crippen molar-refractivity contribution >= 4 is 27.6 Å². The molecule has 5 nitrogen and oxygen atoms in total. The topological polar surface area (TPSA) is 63.2 Å². The standard InChI is InChI=1S/C20H21N3O2S/c24-26(25)14-15-5-4-6-16(11-15)17-7-8-18-19(12-17)22-20(13-21-18)23-9-2-1-3-10-23/h4-8,11-13,26H,1-3,9-10,14H2. The van der Waals surface area contributed by atoms with Gasteiger partial charge < -0.3 is 4.90 Å². The highest BCUT2D eigenvalue weighted by molar-refractivity contribution is 7.71. The highest BCUT2D eigenvalue weighted by Crippen LogP contribution is 2.26. The molecule has 2 aromatic carbocycles.